The van der Waals surface area contributed by atoms with Gasteiger partial charge in [-0.25, -0.2) is 13.2 Å². The number of amides is 3. The van der Waals surface area contributed by atoms with Crippen LogP contribution in [0.5, 0.6) is 0 Å². The maximum Gasteiger partial charge on any atom is 0.321 e. The van der Waals surface area contributed by atoms with E-state index >= 15 is 0 Å². The first-order valence-electron chi connectivity index (χ1n) is 9.00. The van der Waals surface area contributed by atoms with Crippen molar-refractivity contribution in [3.8, 4) is 0 Å². The second-order valence-corrected chi connectivity index (χ2v) is 9.31. The number of urea groups is 1. The summed E-state index contributed by atoms with van der Waals surface area (Å²) in [6, 6.07) is 9.44. The average molecular weight is 379 g/mol. The molecule has 0 unspecified atom stereocenters. The molecule has 2 aliphatic heterocycles. The normalized spacial score (nSPS) is 25.1. The summed E-state index contributed by atoms with van der Waals surface area (Å²) >= 11 is 0. The van der Waals surface area contributed by atoms with Crippen molar-refractivity contribution in [3.63, 3.8) is 0 Å². The minimum absolute atomic E-state index is 0.0557. The number of carbonyl (C=O) groups is 2. The van der Waals surface area contributed by atoms with E-state index in [9.17, 15) is 18.0 Å². The molecule has 142 valence electrons. The van der Waals surface area contributed by atoms with Crippen molar-refractivity contribution in [3.05, 3.63) is 35.9 Å². The fourth-order valence-electron chi connectivity index (χ4n) is 3.70. The molecule has 2 heterocycles. The van der Waals surface area contributed by atoms with Crippen LogP contribution in [0.4, 0.5) is 4.79 Å². The van der Waals surface area contributed by atoms with Gasteiger partial charge in [0.25, 0.3) is 0 Å². The van der Waals surface area contributed by atoms with Crippen LogP contribution in [0.15, 0.2) is 30.3 Å². The summed E-state index contributed by atoms with van der Waals surface area (Å²) in [5.74, 6) is -0.330. The van der Waals surface area contributed by atoms with Gasteiger partial charge in [0.2, 0.25) is 5.91 Å². The predicted octanol–water partition coefficient (Wildman–Crippen LogP) is 0.706. The molecule has 2 N–H and O–H groups in total. The van der Waals surface area contributed by atoms with E-state index in [4.69, 9.17) is 0 Å². The first-order valence-corrected chi connectivity index (χ1v) is 10.8. The Morgan fingerprint density at radius 3 is 2.62 bits per heavy atom. The van der Waals surface area contributed by atoms with Gasteiger partial charge in [-0.05, 0) is 37.8 Å². The molecule has 0 bridgehead atoms. The van der Waals surface area contributed by atoms with Gasteiger partial charge in [0.15, 0.2) is 9.84 Å². The van der Waals surface area contributed by atoms with Gasteiger partial charge in [-0.15, -0.1) is 0 Å². The quantitative estimate of drug-likeness (QED) is 0.785. The Kier molecular flexibility index (Phi) is 5.93. The molecule has 7 nitrogen and oxygen atoms in total. The van der Waals surface area contributed by atoms with Gasteiger partial charge in [0, 0.05) is 12.1 Å². The van der Waals surface area contributed by atoms with E-state index in [0.29, 0.717) is 12.5 Å². The highest BCUT2D eigenvalue weighted by atomic mass is 32.2. The molecule has 2 saturated heterocycles. The van der Waals surface area contributed by atoms with Crippen molar-refractivity contribution >= 4 is 21.8 Å². The largest absolute Gasteiger partial charge is 0.334 e. The topological polar surface area (TPSA) is 95.6 Å². The zero-order valence-electron chi connectivity index (χ0n) is 14.7. The fraction of sp³-hybridized carbons (Fsp3) is 0.556. The number of nitrogens with zero attached hydrogens (tertiary/aromatic N) is 1. The summed E-state index contributed by atoms with van der Waals surface area (Å²) < 4.78 is 22.8. The Morgan fingerprint density at radius 2 is 1.92 bits per heavy atom. The third-order valence-corrected chi connectivity index (χ3v) is 6.75. The molecule has 0 radical (unpaired) electrons. The molecule has 2 atom stereocenters. The second kappa shape index (κ2) is 8.18. The fourth-order valence-corrected chi connectivity index (χ4v) is 5.37. The van der Waals surface area contributed by atoms with E-state index < -0.39 is 21.9 Å². The van der Waals surface area contributed by atoms with Crippen molar-refractivity contribution in [2.75, 3.05) is 24.6 Å². The molecule has 0 aliphatic carbocycles. The SMILES string of the molecule is O=C(CN1CCC[C@@H]1Cc1ccccc1)NC(=O)N[C@H]1CCS(=O)(=O)C1. The van der Waals surface area contributed by atoms with Gasteiger partial charge in [0.1, 0.15) is 0 Å². The summed E-state index contributed by atoms with van der Waals surface area (Å²) in [4.78, 5) is 26.2. The molecule has 1 aromatic rings. The van der Waals surface area contributed by atoms with E-state index in [2.05, 4.69) is 27.7 Å². The van der Waals surface area contributed by atoms with E-state index in [1.807, 2.05) is 18.2 Å². The van der Waals surface area contributed by atoms with Crippen molar-refractivity contribution in [1.29, 1.82) is 0 Å². The zero-order chi connectivity index (χ0) is 18.6. The minimum Gasteiger partial charge on any atom is -0.334 e. The van der Waals surface area contributed by atoms with Crippen LogP contribution >= 0.6 is 0 Å². The summed E-state index contributed by atoms with van der Waals surface area (Å²) in [6.07, 6.45) is 3.36. The highest BCUT2D eigenvalue weighted by Gasteiger charge is 2.30. The van der Waals surface area contributed by atoms with Crippen LogP contribution in [-0.4, -0.2) is 61.9 Å². The van der Waals surface area contributed by atoms with Crippen LogP contribution < -0.4 is 10.6 Å². The molecular weight excluding hydrogens is 354 g/mol. The van der Waals surface area contributed by atoms with Crippen molar-refractivity contribution in [2.45, 2.75) is 37.8 Å². The van der Waals surface area contributed by atoms with Crippen LogP contribution in [0.2, 0.25) is 0 Å². The van der Waals surface area contributed by atoms with E-state index in [0.717, 1.165) is 25.8 Å². The summed E-state index contributed by atoms with van der Waals surface area (Å²) in [5.41, 5.74) is 1.24. The lowest BCUT2D eigenvalue weighted by Gasteiger charge is -2.24. The van der Waals surface area contributed by atoms with Gasteiger partial charge >= 0.3 is 6.03 Å². The Morgan fingerprint density at radius 1 is 1.15 bits per heavy atom. The molecule has 0 spiro atoms. The predicted molar refractivity (Wildman–Crippen MR) is 98.5 cm³/mol. The van der Waals surface area contributed by atoms with Gasteiger partial charge in [-0.1, -0.05) is 30.3 Å². The molecular formula is C18H25N3O4S. The first-order chi connectivity index (χ1) is 12.4. The van der Waals surface area contributed by atoms with E-state index in [1.165, 1.54) is 5.56 Å². The van der Waals surface area contributed by atoms with Crippen LogP contribution in [0, 0.1) is 0 Å². The molecule has 0 aromatic heterocycles. The van der Waals surface area contributed by atoms with E-state index in [1.54, 1.807) is 0 Å². The lowest BCUT2D eigenvalue weighted by molar-refractivity contribution is -0.121. The number of hydrogen-bond donors (Lipinski definition) is 2. The smallest absolute Gasteiger partial charge is 0.321 e. The Labute approximate surface area is 154 Å². The Hall–Kier alpha value is -1.93. The minimum atomic E-state index is -3.06. The van der Waals surface area contributed by atoms with E-state index in [-0.39, 0.29) is 24.0 Å². The molecule has 3 amide bonds. The highest BCUT2D eigenvalue weighted by molar-refractivity contribution is 7.91. The second-order valence-electron chi connectivity index (χ2n) is 7.08. The van der Waals surface area contributed by atoms with Crippen molar-refractivity contribution < 1.29 is 18.0 Å². The monoisotopic (exact) mass is 379 g/mol. The van der Waals surface area contributed by atoms with Crippen molar-refractivity contribution in [2.24, 2.45) is 0 Å². The van der Waals surface area contributed by atoms with Gasteiger partial charge in [0.05, 0.1) is 18.1 Å². The zero-order valence-corrected chi connectivity index (χ0v) is 15.5. The third-order valence-electron chi connectivity index (χ3n) is 4.98. The van der Waals surface area contributed by atoms with Gasteiger partial charge in [-0.3, -0.25) is 15.0 Å². The molecule has 26 heavy (non-hydrogen) atoms. The van der Waals surface area contributed by atoms with Crippen LogP contribution in [0.25, 0.3) is 0 Å². The molecule has 3 rings (SSSR count). The van der Waals surface area contributed by atoms with Gasteiger partial charge < -0.3 is 5.32 Å². The average Bonchev–Trinajstić information content (AvgIpc) is 3.14. The molecule has 2 aliphatic rings. The van der Waals surface area contributed by atoms with Gasteiger partial charge in [-0.2, -0.15) is 0 Å². The van der Waals surface area contributed by atoms with Crippen LogP contribution in [-0.2, 0) is 21.1 Å². The van der Waals surface area contributed by atoms with Crippen LogP contribution in [0.1, 0.15) is 24.8 Å². The number of carbonyl (C=O) groups excluding carboxylic acids is 2. The maximum absolute atomic E-state index is 12.2. The summed E-state index contributed by atoms with van der Waals surface area (Å²) in [7, 11) is -3.06. The number of likely N-dealkylation sites (tertiary alicyclic amines) is 1. The summed E-state index contributed by atoms with van der Waals surface area (Å²) in [6.45, 7) is 1.02. The number of hydrogen-bond acceptors (Lipinski definition) is 5. The lowest BCUT2D eigenvalue weighted by atomic mass is 10.0. The Bertz CT molecular complexity index is 751. The lowest BCUT2D eigenvalue weighted by Crippen LogP contribution is -2.48. The number of imide groups is 1. The standard InChI is InChI=1S/C18H25N3O4S/c22-17(20-18(23)19-15-8-10-26(24,25)13-15)12-21-9-4-7-16(21)11-14-5-2-1-3-6-14/h1-3,5-6,15-16H,4,7-13H2,(H2,19,20,22,23)/t15-,16+/m0/s1. The molecule has 8 heteroatoms. The number of benzene rings is 1. The first kappa shape index (κ1) is 18.8. The number of sulfone groups is 1. The Balaban J connectivity index is 1.45. The molecule has 0 saturated carbocycles. The number of nitrogens with one attached hydrogen (secondary N) is 2. The van der Waals surface area contributed by atoms with Crippen LogP contribution in [0.3, 0.4) is 0 Å². The maximum atomic E-state index is 12.2. The summed E-state index contributed by atoms with van der Waals surface area (Å²) in [5, 5.41) is 4.89. The van der Waals surface area contributed by atoms with Crippen molar-refractivity contribution in [1.82, 2.24) is 15.5 Å². The molecule has 1 aromatic carbocycles. The highest BCUT2D eigenvalue weighted by Crippen LogP contribution is 2.20. The molecule has 2 fully saturated rings. The number of rotatable bonds is 5. The third kappa shape index (κ3) is 5.28.